The molecule has 0 aliphatic rings. The van der Waals surface area contributed by atoms with Crippen LogP contribution in [0.4, 0.5) is 5.69 Å². The Hall–Kier alpha value is -3.40. The summed E-state index contributed by atoms with van der Waals surface area (Å²) in [4.78, 5) is 0. The first kappa shape index (κ1) is 23.3. The van der Waals surface area contributed by atoms with Gasteiger partial charge in [0.1, 0.15) is 12.7 Å². The number of nitrogens with one attached hydrogen (secondary N) is 3. The van der Waals surface area contributed by atoms with E-state index in [1.165, 1.54) is 11.1 Å². The zero-order valence-electron chi connectivity index (χ0n) is 19.7. The molecule has 0 unspecified atom stereocenters. The van der Waals surface area contributed by atoms with Crippen LogP contribution >= 0.6 is 11.6 Å². The molecule has 0 aliphatic carbocycles. The van der Waals surface area contributed by atoms with Gasteiger partial charge in [0, 0.05) is 54.1 Å². The van der Waals surface area contributed by atoms with Crippen molar-refractivity contribution in [2.75, 3.05) is 31.6 Å². The number of halogens is 1. The van der Waals surface area contributed by atoms with Crippen molar-refractivity contribution in [2.24, 2.45) is 7.05 Å². The van der Waals surface area contributed by atoms with E-state index in [0.717, 1.165) is 71.9 Å². The van der Waals surface area contributed by atoms with Gasteiger partial charge in [0.2, 0.25) is 0 Å². The largest absolute Gasteiger partial charge is 0.382 e. The molecule has 0 radical (unpaired) electrons. The minimum Gasteiger partial charge on any atom is -0.382 e. The van der Waals surface area contributed by atoms with Crippen molar-refractivity contribution in [1.29, 1.82) is 0 Å². The van der Waals surface area contributed by atoms with Gasteiger partial charge in [0.25, 0.3) is 0 Å². The lowest BCUT2D eigenvalue weighted by Gasteiger charge is -2.11. The van der Waals surface area contributed by atoms with E-state index in [2.05, 4.69) is 60.8 Å². The van der Waals surface area contributed by atoms with Gasteiger partial charge in [-0.15, -0.1) is 10.2 Å². The van der Waals surface area contributed by atoms with Gasteiger partial charge in [-0.25, -0.2) is 0 Å². The summed E-state index contributed by atoms with van der Waals surface area (Å²) >= 11 is 6.13. The van der Waals surface area contributed by atoms with E-state index in [1.807, 2.05) is 29.0 Å². The third-order valence-corrected chi connectivity index (χ3v) is 6.36. The van der Waals surface area contributed by atoms with E-state index in [-0.39, 0.29) is 0 Å². The second kappa shape index (κ2) is 10.9. The summed E-state index contributed by atoms with van der Waals surface area (Å²) in [6, 6.07) is 12.3. The average molecular weight is 493 g/mol. The molecule has 0 amide bonds. The third-order valence-electron chi connectivity index (χ3n) is 6.13. The second-order valence-electron chi connectivity index (χ2n) is 8.51. The van der Waals surface area contributed by atoms with Crippen molar-refractivity contribution in [2.45, 2.75) is 19.4 Å². The van der Waals surface area contributed by atoms with E-state index in [4.69, 9.17) is 16.3 Å². The number of hydrogen-bond acceptors (Lipinski definition) is 6. The molecule has 0 spiro atoms. The van der Waals surface area contributed by atoms with Crippen LogP contribution in [-0.2, 0) is 18.3 Å². The first-order valence-corrected chi connectivity index (χ1v) is 12.1. The van der Waals surface area contributed by atoms with Crippen LogP contribution in [0.25, 0.3) is 27.5 Å². The Morgan fingerprint density at radius 3 is 2.80 bits per heavy atom. The number of anilines is 1. The molecular weight excluding hydrogens is 464 g/mol. The highest BCUT2D eigenvalue weighted by Crippen LogP contribution is 2.26. The van der Waals surface area contributed by atoms with Gasteiger partial charge in [-0.05, 0) is 55.1 Å². The quantitative estimate of drug-likeness (QED) is 0.225. The molecule has 0 saturated heterocycles. The van der Waals surface area contributed by atoms with Crippen LogP contribution in [0.15, 0.2) is 55.2 Å². The average Bonchev–Trinajstić information content (AvgIpc) is 3.61. The topological polar surface area (TPSA) is 97.6 Å². The molecule has 3 heterocycles. The van der Waals surface area contributed by atoms with Gasteiger partial charge in [-0.3, -0.25) is 9.67 Å². The fourth-order valence-corrected chi connectivity index (χ4v) is 4.39. The van der Waals surface area contributed by atoms with Gasteiger partial charge in [0.15, 0.2) is 0 Å². The fourth-order valence-electron chi connectivity index (χ4n) is 4.23. The molecule has 9 nitrogen and oxygen atoms in total. The van der Waals surface area contributed by atoms with E-state index >= 15 is 0 Å². The lowest BCUT2D eigenvalue weighted by atomic mass is 10.2. The predicted octanol–water partition coefficient (Wildman–Crippen LogP) is 4.29. The summed E-state index contributed by atoms with van der Waals surface area (Å²) in [5.41, 5.74) is 5.34. The number of unbranched alkanes of at least 4 members (excludes halogenated alkanes) is 1. The maximum Gasteiger partial charge on any atom is 0.123 e. The summed E-state index contributed by atoms with van der Waals surface area (Å²) < 4.78 is 9.90. The Kier molecular flexibility index (Phi) is 7.27. The molecule has 10 heteroatoms. The van der Waals surface area contributed by atoms with Crippen molar-refractivity contribution in [1.82, 2.24) is 34.8 Å². The molecule has 0 saturated carbocycles. The molecule has 182 valence electrons. The molecule has 3 N–H and O–H groups in total. The number of ether oxygens (including phenoxy) is 1. The summed E-state index contributed by atoms with van der Waals surface area (Å²) in [5.74, 6) is 0. The highest BCUT2D eigenvalue weighted by molar-refractivity contribution is 6.31. The van der Waals surface area contributed by atoms with Gasteiger partial charge in [0.05, 0.1) is 24.0 Å². The fraction of sp³-hybridized carbons (Fsp3) is 0.320. The molecule has 0 bridgehead atoms. The number of hydrogen-bond donors (Lipinski definition) is 3. The van der Waals surface area contributed by atoms with Crippen molar-refractivity contribution in [3.05, 3.63) is 66.0 Å². The Morgan fingerprint density at radius 2 is 1.91 bits per heavy atom. The Morgan fingerprint density at radius 1 is 1.03 bits per heavy atom. The molecule has 35 heavy (non-hydrogen) atoms. The summed E-state index contributed by atoms with van der Waals surface area (Å²) in [7, 11) is 2.08. The van der Waals surface area contributed by atoms with E-state index in [0.29, 0.717) is 6.61 Å². The first-order chi connectivity index (χ1) is 17.2. The van der Waals surface area contributed by atoms with Gasteiger partial charge in [-0.2, -0.15) is 5.10 Å². The molecule has 5 aromatic rings. The molecule has 0 aliphatic heterocycles. The van der Waals surface area contributed by atoms with Crippen molar-refractivity contribution in [3.63, 3.8) is 0 Å². The van der Waals surface area contributed by atoms with Crippen molar-refractivity contribution < 1.29 is 4.74 Å². The highest BCUT2D eigenvalue weighted by atomic mass is 35.5. The number of fused-ring (bicyclic) bond motifs is 2. The van der Waals surface area contributed by atoms with Crippen LogP contribution in [0.1, 0.15) is 18.5 Å². The van der Waals surface area contributed by atoms with Crippen LogP contribution in [0.5, 0.6) is 0 Å². The smallest absolute Gasteiger partial charge is 0.123 e. The molecule has 5 rings (SSSR count). The Labute approximate surface area is 208 Å². The van der Waals surface area contributed by atoms with E-state index in [1.54, 1.807) is 12.7 Å². The molecule has 2 aromatic carbocycles. The molecule has 0 atom stereocenters. The zero-order valence-corrected chi connectivity index (χ0v) is 20.4. The first-order valence-electron chi connectivity index (χ1n) is 11.8. The van der Waals surface area contributed by atoms with Crippen LogP contribution in [0.3, 0.4) is 0 Å². The number of H-pyrrole nitrogens is 1. The standard InChI is InChI=1S/C25H29ClN8O/c1-33-21(10-18-4-5-19(26)11-25(18)33)14-27-6-2-3-8-35-9-7-28-23-12-20(34-16-30-31-17-34)13-24-22(23)15-29-32-24/h4-5,10-13,15-17,27-28H,2-3,6-9,14H2,1H3,(H,29,32). The number of benzene rings is 2. The Balaban J connectivity index is 0.997. The minimum absolute atomic E-state index is 0.641. The number of aromatic amines is 1. The monoisotopic (exact) mass is 492 g/mol. The van der Waals surface area contributed by atoms with E-state index < -0.39 is 0 Å². The third kappa shape index (κ3) is 5.48. The van der Waals surface area contributed by atoms with Gasteiger partial charge < -0.3 is 19.9 Å². The van der Waals surface area contributed by atoms with Crippen molar-refractivity contribution in [3.8, 4) is 5.69 Å². The lowest BCUT2D eigenvalue weighted by molar-refractivity contribution is 0.140. The summed E-state index contributed by atoms with van der Waals surface area (Å²) in [6.45, 7) is 3.90. The predicted molar refractivity (Wildman–Crippen MR) is 139 cm³/mol. The maximum atomic E-state index is 6.13. The molecular formula is C25H29ClN8O. The molecule has 3 aromatic heterocycles. The SMILES string of the molecule is Cn1c(CNCCCCOCCNc2cc(-n3cnnc3)cc3[nH]ncc23)cc2ccc(Cl)cc21. The zero-order chi connectivity index (χ0) is 24.0. The van der Waals surface area contributed by atoms with Gasteiger partial charge in [-0.1, -0.05) is 17.7 Å². The molecule has 0 fully saturated rings. The number of nitrogens with zero attached hydrogens (tertiary/aromatic N) is 5. The minimum atomic E-state index is 0.641. The van der Waals surface area contributed by atoms with Crippen LogP contribution < -0.4 is 10.6 Å². The summed E-state index contributed by atoms with van der Waals surface area (Å²) in [5, 5.41) is 25.0. The van der Waals surface area contributed by atoms with Gasteiger partial charge >= 0.3 is 0 Å². The van der Waals surface area contributed by atoms with Crippen LogP contribution in [-0.4, -0.2) is 55.8 Å². The Bertz CT molecular complexity index is 1390. The highest BCUT2D eigenvalue weighted by Gasteiger charge is 2.08. The number of rotatable bonds is 12. The second-order valence-corrected chi connectivity index (χ2v) is 8.95. The van der Waals surface area contributed by atoms with E-state index in [9.17, 15) is 0 Å². The number of aromatic nitrogens is 6. The lowest BCUT2D eigenvalue weighted by Crippen LogP contribution is -2.17. The maximum absolute atomic E-state index is 6.13. The van der Waals surface area contributed by atoms with Crippen LogP contribution in [0.2, 0.25) is 5.02 Å². The number of aryl methyl sites for hydroxylation is 1. The van der Waals surface area contributed by atoms with Crippen LogP contribution in [0, 0.1) is 0 Å². The van der Waals surface area contributed by atoms with Crippen molar-refractivity contribution >= 4 is 39.1 Å². The summed E-state index contributed by atoms with van der Waals surface area (Å²) in [6.07, 6.45) is 7.27. The normalized spacial score (nSPS) is 11.6.